The van der Waals surface area contributed by atoms with Crippen LogP contribution in [0.15, 0.2) is 53.0 Å². The summed E-state index contributed by atoms with van der Waals surface area (Å²) >= 11 is 0. The number of hydrogen-bond donors (Lipinski definition) is 4. The van der Waals surface area contributed by atoms with Gasteiger partial charge in [0.25, 0.3) is 0 Å². The van der Waals surface area contributed by atoms with Gasteiger partial charge in [0.1, 0.15) is 5.84 Å². The minimum Gasteiger partial charge on any atom is -0.405 e. The van der Waals surface area contributed by atoms with Crippen molar-refractivity contribution >= 4 is 17.3 Å². The molecule has 31 heavy (non-hydrogen) atoms. The van der Waals surface area contributed by atoms with Crippen LogP contribution in [0, 0.1) is 10.8 Å². The van der Waals surface area contributed by atoms with Crippen LogP contribution in [-0.2, 0) is 0 Å². The summed E-state index contributed by atoms with van der Waals surface area (Å²) in [6.07, 6.45) is 9.91. The Morgan fingerprint density at radius 1 is 1.13 bits per heavy atom. The van der Waals surface area contributed by atoms with Gasteiger partial charge in [-0.25, -0.2) is 0 Å². The normalized spacial score (nSPS) is 15.9. The molecule has 7 nitrogen and oxygen atoms in total. The summed E-state index contributed by atoms with van der Waals surface area (Å²) < 4.78 is 0. The van der Waals surface area contributed by atoms with Gasteiger partial charge in [0.05, 0.1) is 11.4 Å². The third-order valence-corrected chi connectivity index (χ3v) is 4.32. The van der Waals surface area contributed by atoms with Crippen LogP contribution in [0.25, 0.3) is 0 Å². The van der Waals surface area contributed by atoms with E-state index < -0.39 is 0 Å². The Bertz CT molecular complexity index is 684. The Balaban J connectivity index is 0. The first-order valence-electron chi connectivity index (χ1n) is 11.2. The van der Waals surface area contributed by atoms with E-state index in [1.807, 2.05) is 19.9 Å². The maximum absolute atomic E-state index is 7.82. The first kappa shape index (κ1) is 30.5. The molecule has 2 aliphatic heterocycles. The molecule has 7 heteroatoms. The van der Waals surface area contributed by atoms with Gasteiger partial charge in [0.2, 0.25) is 0 Å². The fraction of sp³-hybridized carbons (Fsp3) is 0.542. The molecule has 0 radical (unpaired) electrons. The van der Waals surface area contributed by atoms with E-state index >= 15 is 0 Å². The maximum Gasteiger partial charge on any atom is 0.133 e. The van der Waals surface area contributed by atoms with E-state index in [2.05, 4.69) is 55.7 Å². The van der Waals surface area contributed by atoms with Crippen molar-refractivity contribution in [1.29, 1.82) is 10.8 Å². The molecule has 0 aromatic carbocycles. The topological polar surface area (TPSA) is 119 Å². The van der Waals surface area contributed by atoms with Gasteiger partial charge in [0.15, 0.2) is 0 Å². The van der Waals surface area contributed by atoms with E-state index in [4.69, 9.17) is 15.8 Å². The van der Waals surface area contributed by atoms with Crippen LogP contribution in [0.3, 0.4) is 0 Å². The Labute approximate surface area is 190 Å². The molecule has 3 aliphatic rings. The van der Waals surface area contributed by atoms with Crippen LogP contribution < -0.4 is 11.5 Å². The quantitative estimate of drug-likeness (QED) is 0.498. The van der Waals surface area contributed by atoms with Crippen molar-refractivity contribution in [2.75, 3.05) is 33.7 Å². The summed E-state index contributed by atoms with van der Waals surface area (Å²) in [5.41, 5.74) is 13.4. The number of hydrogen-bond acceptors (Lipinski definition) is 7. The molecular formula is C24H45N7. The molecule has 176 valence electrons. The van der Waals surface area contributed by atoms with E-state index in [0.717, 1.165) is 44.0 Å². The summed E-state index contributed by atoms with van der Waals surface area (Å²) in [6, 6.07) is 0. The summed E-state index contributed by atoms with van der Waals surface area (Å²) in [4.78, 5) is 9.22. The number of nitrogens with one attached hydrogen (secondary N) is 2. The second-order valence-corrected chi connectivity index (χ2v) is 6.47. The first-order chi connectivity index (χ1) is 14.9. The fourth-order valence-corrected chi connectivity index (χ4v) is 3.04. The molecule has 0 aromatic rings. The monoisotopic (exact) mass is 431 g/mol. The molecule has 3 rings (SSSR count). The second kappa shape index (κ2) is 18.1. The number of allylic oxidation sites excluding steroid dienone is 3. The zero-order valence-electron chi connectivity index (χ0n) is 20.8. The predicted molar refractivity (Wildman–Crippen MR) is 138 cm³/mol. The minimum absolute atomic E-state index is 0.269. The number of dihydropyridines is 1. The van der Waals surface area contributed by atoms with Crippen molar-refractivity contribution in [2.24, 2.45) is 16.5 Å². The number of aliphatic imine (C=N–C) groups is 1. The molecule has 0 aromatic heterocycles. The van der Waals surface area contributed by atoms with Crippen molar-refractivity contribution in [3.05, 3.63) is 48.0 Å². The Hall–Kier alpha value is -2.67. The van der Waals surface area contributed by atoms with E-state index in [1.54, 1.807) is 12.2 Å². The van der Waals surface area contributed by atoms with Gasteiger partial charge in [-0.3, -0.25) is 15.8 Å². The average molecular weight is 432 g/mol. The Morgan fingerprint density at radius 3 is 2.16 bits per heavy atom. The highest BCUT2D eigenvalue weighted by Gasteiger charge is 2.31. The maximum atomic E-state index is 7.82. The van der Waals surface area contributed by atoms with Crippen LogP contribution in [0.1, 0.15) is 53.9 Å². The molecule has 2 heterocycles. The number of nitrogens with zero attached hydrogens (tertiary/aromatic N) is 3. The lowest BCUT2D eigenvalue weighted by Crippen LogP contribution is -2.30. The number of amidine groups is 1. The van der Waals surface area contributed by atoms with Crippen LogP contribution in [-0.4, -0.2) is 60.8 Å². The zero-order valence-corrected chi connectivity index (χ0v) is 20.8. The third-order valence-electron chi connectivity index (χ3n) is 4.32. The largest absolute Gasteiger partial charge is 0.405 e. The summed E-state index contributed by atoms with van der Waals surface area (Å²) in [5.74, 6) is 1.06. The lowest BCUT2D eigenvalue weighted by molar-refractivity contribution is 0.419. The second-order valence-electron chi connectivity index (χ2n) is 6.47. The molecule has 0 bridgehead atoms. The number of nitrogens with two attached hydrogens (primary N) is 2. The SMILES string of the molecule is C=CN.CC.CCC.CCN(C)C1=C2CCN(C3=CC(=N)C(=N)C=C3)C2=NCC1.CN. The van der Waals surface area contributed by atoms with Crippen LogP contribution in [0.4, 0.5) is 0 Å². The van der Waals surface area contributed by atoms with Crippen LogP contribution >= 0.6 is 0 Å². The van der Waals surface area contributed by atoms with Crippen molar-refractivity contribution < 1.29 is 0 Å². The fourth-order valence-electron chi connectivity index (χ4n) is 3.04. The van der Waals surface area contributed by atoms with Gasteiger partial charge in [0, 0.05) is 50.1 Å². The van der Waals surface area contributed by atoms with E-state index in [1.165, 1.54) is 30.9 Å². The van der Waals surface area contributed by atoms with Crippen molar-refractivity contribution in [3.8, 4) is 0 Å². The lowest BCUT2D eigenvalue weighted by Gasteiger charge is -2.28. The molecule has 0 saturated carbocycles. The molecule has 0 unspecified atom stereocenters. The zero-order chi connectivity index (χ0) is 24.4. The minimum atomic E-state index is 0.269. The Kier molecular flexibility index (Phi) is 17.8. The molecule has 1 saturated heterocycles. The summed E-state index contributed by atoms with van der Waals surface area (Å²) in [7, 11) is 3.64. The number of likely N-dealkylation sites (tertiary alicyclic amines) is 1. The molecule has 1 fully saturated rings. The molecule has 6 N–H and O–H groups in total. The molecular weight excluding hydrogens is 386 g/mol. The Morgan fingerprint density at radius 2 is 1.68 bits per heavy atom. The lowest BCUT2D eigenvalue weighted by atomic mass is 10.1. The predicted octanol–water partition coefficient (Wildman–Crippen LogP) is 4.30. The van der Waals surface area contributed by atoms with Crippen LogP contribution in [0.2, 0.25) is 0 Å². The average Bonchev–Trinajstić information content (AvgIpc) is 3.23. The molecule has 0 amide bonds. The van der Waals surface area contributed by atoms with E-state index in [9.17, 15) is 0 Å². The van der Waals surface area contributed by atoms with Gasteiger partial charge in [-0.2, -0.15) is 0 Å². The van der Waals surface area contributed by atoms with Gasteiger partial charge in [-0.15, -0.1) is 0 Å². The third kappa shape index (κ3) is 9.34. The summed E-state index contributed by atoms with van der Waals surface area (Å²) in [5, 5.41) is 15.4. The molecule has 0 atom stereocenters. The molecule has 1 aliphatic carbocycles. The van der Waals surface area contributed by atoms with Crippen molar-refractivity contribution in [2.45, 2.75) is 53.9 Å². The standard InChI is InChI=1S/C16H21N5.C3H8.C2H5N.C2H6.CH5N/c1-3-20(2)15-6-8-19-16-12(15)7-9-21(16)11-4-5-13(17)14(18)10-11;1-3-2;1-2-3;2*1-2/h4-5,10,17-18H,3,6-9H2,1-2H3;3H2,1-2H3;2H,1,3H2;1-2H3;2H2,1H3. The summed E-state index contributed by atoms with van der Waals surface area (Å²) in [6.45, 7) is 16.3. The molecule has 0 spiro atoms. The van der Waals surface area contributed by atoms with Crippen molar-refractivity contribution in [1.82, 2.24) is 9.80 Å². The highest BCUT2D eigenvalue weighted by molar-refractivity contribution is 6.49. The van der Waals surface area contributed by atoms with E-state index in [0.29, 0.717) is 0 Å². The first-order valence-corrected chi connectivity index (χ1v) is 11.2. The number of fused-ring (bicyclic) bond motifs is 1. The van der Waals surface area contributed by atoms with Crippen molar-refractivity contribution in [3.63, 3.8) is 0 Å². The smallest absolute Gasteiger partial charge is 0.133 e. The highest BCUT2D eigenvalue weighted by Crippen LogP contribution is 2.31. The van der Waals surface area contributed by atoms with Gasteiger partial charge in [-0.05, 0) is 44.8 Å². The van der Waals surface area contributed by atoms with Gasteiger partial charge in [-0.1, -0.05) is 40.7 Å². The van der Waals surface area contributed by atoms with Crippen LogP contribution in [0.5, 0.6) is 0 Å². The number of rotatable bonds is 3. The van der Waals surface area contributed by atoms with Gasteiger partial charge >= 0.3 is 0 Å². The van der Waals surface area contributed by atoms with Gasteiger partial charge < -0.3 is 21.3 Å². The highest BCUT2D eigenvalue weighted by atomic mass is 15.2. The van der Waals surface area contributed by atoms with E-state index in [-0.39, 0.29) is 11.4 Å².